The first-order chi connectivity index (χ1) is 8.82. The van der Waals surface area contributed by atoms with Crippen LogP contribution < -0.4 is 5.32 Å². The van der Waals surface area contributed by atoms with E-state index in [0.29, 0.717) is 11.5 Å². The Bertz CT molecular complexity index is 256. The lowest BCUT2D eigenvalue weighted by molar-refractivity contribution is -0.0370. The van der Waals surface area contributed by atoms with Crippen molar-refractivity contribution in [1.29, 1.82) is 0 Å². The Hall–Kier alpha value is -0.0800. The SMILES string of the molecule is CCC(CC)(CNCC(C)C)CC1CCC(C)(C)O1. The molecule has 0 radical (unpaired) electrons. The molecule has 1 saturated heterocycles. The fourth-order valence-corrected chi connectivity index (χ4v) is 3.19. The van der Waals surface area contributed by atoms with Gasteiger partial charge in [0.05, 0.1) is 11.7 Å². The van der Waals surface area contributed by atoms with E-state index in [0.717, 1.165) is 19.0 Å². The van der Waals surface area contributed by atoms with Gasteiger partial charge in [-0.05, 0) is 63.8 Å². The summed E-state index contributed by atoms with van der Waals surface area (Å²) in [6.07, 6.45) is 6.62. The Morgan fingerprint density at radius 3 is 2.32 bits per heavy atom. The Kier molecular flexibility index (Phi) is 6.32. The summed E-state index contributed by atoms with van der Waals surface area (Å²) >= 11 is 0. The lowest BCUT2D eigenvalue weighted by Crippen LogP contribution is -2.38. The van der Waals surface area contributed by atoms with Crippen molar-refractivity contribution in [2.24, 2.45) is 11.3 Å². The van der Waals surface area contributed by atoms with Gasteiger partial charge in [0.1, 0.15) is 0 Å². The third kappa shape index (κ3) is 5.43. The summed E-state index contributed by atoms with van der Waals surface area (Å²) in [6, 6.07) is 0. The van der Waals surface area contributed by atoms with Gasteiger partial charge in [0.25, 0.3) is 0 Å². The zero-order chi connectivity index (χ0) is 14.5. The van der Waals surface area contributed by atoms with Crippen LogP contribution in [-0.4, -0.2) is 24.8 Å². The van der Waals surface area contributed by atoms with Crippen molar-refractivity contribution in [3.05, 3.63) is 0 Å². The highest BCUT2D eigenvalue weighted by Crippen LogP contribution is 2.39. The van der Waals surface area contributed by atoms with Gasteiger partial charge in [-0.15, -0.1) is 0 Å². The summed E-state index contributed by atoms with van der Waals surface area (Å²) in [5.41, 5.74) is 0.517. The predicted octanol–water partition coefficient (Wildman–Crippen LogP) is 4.39. The molecule has 1 atom stereocenters. The molecule has 1 aliphatic rings. The maximum atomic E-state index is 6.21. The molecule has 0 aromatic carbocycles. The van der Waals surface area contributed by atoms with Gasteiger partial charge < -0.3 is 10.1 Å². The monoisotopic (exact) mass is 269 g/mol. The van der Waals surface area contributed by atoms with E-state index in [4.69, 9.17) is 4.74 Å². The van der Waals surface area contributed by atoms with E-state index in [1.807, 2.05) is 0 Å². The molecule has 2 nitrogen and oxygen atoms in total. The fourth-order valence-electron chi connectivity index (χ4n) is 3.19. The Morgan fingerprint density at radius 2 is 1.89 bits per heavy atom. The van der Waals surface area contributed by atoms with Gasteiger partial charge in [-0.1, -0.05) is 27.7 Å². The molecule has 1 unspecified atom stereocenters. The second kappa shape index (κ2) is 7.08. The lowest BCUT2D eigenvalue weighted by Gasteiger charge is -2.35. The maximum Gasteiger partial charge on any atom is 0.0631 e. The first-order valence-corrected chi connectivity index (χ1v) is 8.21. The van der Waals surface area contributed by atoms with E-state index in [2.05, 4.69) is 46.9 Å². The molecule has 2 heteroatoms. The lowest BCUT2D eigenvalue weighted by atomic mass is 9.77. The van der Waals surface area contributed by atoms with Gasteiger partial charge in [0.15, 0.2) is 0 Å². The molecular formula is C17H35NO. The van der Waals surface area contributed by atoms with E-state index in [9.17, 15) is 0 Å². The molecule has 114 valence electrons. The molecule has 1 rings (SSSR count). The fraction of sp³-hybridized carbons (Fsp3) is 1.00. The second-order valence-corrected chi connectivity index (χ2v) is 7.47. The zero-order valence-corrected chi connectivity index (χ0v) is 14.0. The normalized spacial score (nSPS) is 23.2. The van der Waals surface area contributed by atoms with Crippen molar-refractivity contribution in [3.63, 3.8) is 0 Å². The molecule has 1 aliphatic heterocycles. The molecule has 19 heavy (non-hydrogen) atoms. The standard InChI is InChI=1S/C17H35NO/c1-7-17(8-2,13-18-12-14(3)4)11-15-9-10-16(5,6)19-15/h14-15,18H,7-13H2,1-6H3. The molecule has 0 saturated carbocycles. The topological polar surface area (TPSA) is 21.3 Å². The minimum atomic E-state index is 0.100. The van der Waals surface area contributed by atoms with Crippen molar-refractivity contribution in [3.8, 4) is 0 Å². The van der Waals surface area contributed by atoms with Crippen molar-refractivity contribution in [2.45, 2.75) is 85.4 Å². The summed E-state index contributed by atoms with van der Waals surface area (Å²) in [6.45, 7) is 15.9. The van der Waals surface area contributed by atoms with Gasteiger partial charge >= 0.3 is 0 Å². The van der Waals surface area contributed by atoms with Crippen LogP contribution in [0.2, 0.25) is 0 Å². The average Bonchev–Trinajstić information content (AvgIpc) is 2.67. The van der Waals surface area contributed by atoms with Gasteiger partial charge in [0.2, 0.25) is 0 Å². The molecule has 0 aromatic rings. The number of nitrogens with one attached hydrogen (secondary N) is 1. The van der Waals surface area contributed by atoms with Crippen molar-refractivity contribution < 1.29 is 4.74 Å². The van der Waals surface area contributed by atoms with Crippen LogP contribution in [0.25, 0.3) is 0 Å². The predicted molar refractivity (Wildman–Crippen MR) is 83.5 cm³/mol. The number of hydrogen-bond acceptors (Lipinski definition) is 2. The van der Waals surface area contributed by atoms with Gasteiger partial charge in [0, 0.05) is 6.54 Å². The van der Waals surface area contributed by atoms with Crippen LogP contribution in [0.1, 0.15) is 73.6 Å². The van der Waals surface area contributed by atoms with Crippen LogP contribution in [0, 0.1) is 11.3 Å². The molecule has 0 spiro atoms. The quantitative estimate of drug-likeness (QED) is 0.706. The molecular weight excluding hydrogens is 234 g/mol. The smallest absolute Gasteiger partial charge is 0.0631 e. The first-order valence-electron chi connectivity index (χ1n) is 8.21. The highest BCUT2D eigenvalue weighted by Gasteiger charge is 2.37. The average molecular weight is 269 g/mol. The highest BCUT2D eigenvalue weighted by molar-refractivity contribution is 4.88. The molecule has 1 N–H and O–H groups in total. The van der Waals surface area contributed by atoms with Gasteiger partial charge in [-0.3, -0.25) is 0 Å². The summed E-state index contributed by atoms with van der Waals surface area (Å²) in [4.78, 5) is 0. The van der Waals surface area contributed by atoms with E-state index < -0.39 is 0 Å². The minimum Gasteiger partial charge on any atom is -0.372 e. The summed E-state index contributed by atoms with van der Waals surface area (Å²) in [5.74, 6) is 0.730. The third-order valence-corrected chi connectivity index (χ3v) is 4.77. The zero-order valence-electron chi connectivity index (χ0n) is 14.0. The van der Waals surface area contributed by atoms with Gasteiger partial charge in [-0.25, -0.2) is 0 Å². The third-order valence-electron chi connectivity index (χ3n) is 4.77. The maximum absolute atomic E-state index is 6.21. The van der Waals surface area contributed by atoms with Crippen molar-refractivity contribution in [1.82, 2.24) is 5.32 Å². The Morgan fingerprint density at radius 1 is 1.26 bits per heavy atom. The number of ether oxygens (including phenoxy) is 1. The van der Waals surface area contributed by atoms with Crippen LogP contribution in [0.5, 0.6) is 0 Å². The van der Waals surface area contributed by atoms with E-state index >= 15 is 0 Å². The highest BCUT2D eigenvalue weighted by atomic mass is 16.5. The van der Waals surface area contributed by atoms with E-state index in [1.54, 1.807) is 0 Å². The largest absolute Gasteiger partial charge is 0.372 e. The van der Waals surface area contributed by atoms with Gasteiger partial charge in [-0.2, -0.15) is 0 Å². The summed E-state index contributed by atoms with van der Waals surface area (Å²) in [7, 11) is 0. The minimum absolute atomic E-state index is 0.100. The Labute approximate surface area is 120 Å². The Balaban J connectivity index is 2.51. The number of hydrogen-bond donors (Lipinski definition) is 1. The van der Waals surface area contributed by atoms with Crippen LogP contribution >= 0.6 is 0 Å². The summed E-state index contributed by atoms with van der Waals surface area (Å²) in [5, 5.41) is 3.67. The molecule has 0 amide bonds. The van der Waals surface area contributed by atoms with Crippen molar-refractivity contribution in [2.75, 3.05) is 13.1 Å². The molecule has 0 aliphatic carbocycles. The van der Waals surface area contributed by atoms with E-state index in [-0.39, 0.29) is 5.60 Å². The summed E-state index contributed by atoms with van der Waals surface area (Å²) < 4.78 is 6.21. The molecule has 0 bridgehead atoms. The molecule has 0 aromatic heterocycles. The second-order valence-electron chi connectivity index (χ2n) is 7.47. The van der Waals surface area contributed by atoms with Crippen LogP contribution in [0.15, 0.2) is 0 Å². The van der Waals surface area contributed by atoms with E-state index in [1.165, 1.54) is 32.1 Å². The first kappa shape index (κ1) is 17.0. The molecule has 1 fully saturated rings. The van der Waals surface area contributed by atoms with Crippen LogP contribution in [-0.2, 0) is 4.74 Å². The van der Waals surface area contributed by atoms with Crippen LogP contribution in [0.3, 0.4) is 0 Å². The molecule has 1 heterocycles. The number of rotatable bonds is 8. The van der Waals surface area contributed by atoms with Crippen LogP contribution in [0.4, 0.5) is 0 Å². The van der Waals surface area contributed by atoms with Crippen molar-refractivity contribution >= 4 is 0 Å².